The van der Waals surface area contributed by atoms with Crippen molar-refractivity contribution in [3.8, 4) is 0 Å². The summed E-state index contributed by atoms with van der Waals surface area (Å²) in [7, 11) is -2.03. The van der Waals surface area contributed by atoms with Gasteiger partial charge < -0.3 is 15.3 Å². The lowest BCUT2D eigenvalue weighted by atomic mass is 9.95. The lowest BCUT2D eigenvalue weighted by Gasteiger charge is -2.44. The first-order chi connectivity index (χ1) is 11.7. The maximum Gasteiger partial charge on any atom is 0.408 e. The molecule has 5 nitrogen and oxygen atoms in total. The van der Waals surface area contributed by atoms with Crippen LogP contribution in [0.15, 0.2) is 30.3 Å². The summed E-state index contributed by atoms with van der Waals surface area (Å²) in [5, 5.41) is 9.94. The Morgan fingerprint density at radius 3 is 2.04 bits per heavy atom. The van der Waals surface area contributed by atoms with Crippen LogP contribution in [-0.2, 0) is 4.43 Å². The van der Waals surface area contributed by atoms with E-state index in [1.165, 1.54) is 4.90 Å². The van der Waals surface area contributed by atoms with Crippen molar-refractivity contribution in [3.05, 3.63) is 35.9 Å². The van der Waals surface area contributed by atoms with Crippen LogP contribution in [0.25, 0.3) is 0 Å². The van der Waals surface area contributed by atoms with Crippen LogP contribution in [0.2, 0.25) is 18.1 Å². The lowest BCUT2D eigenvalue weighted by molar-refractivity contribution is 0.0383. The number of hydrogen-bond acceptors (Lipinski definition) is 3. The van der Waals surface area contributed by atoms with E-state index >= 15 is 0 Å². The first kappa shape index (κ1) is 22.7. The molecule has 0 aliphatic heterocycles. The molecule has 6 heteroatoms. The number of hydrogen-bond donors (Lipinski definition) is 2. The van der Waals surface area contributed by atoms with E-state index in [1.54, 1.807) is 0 Å². The molecule has 0 bridgehead atoms. The van der Waals surface area contributed by atoms with Gasteiger partial charge in [-0.2, -0.15) is 0 Å². The highest BCUT2D eigenvalue weighted by molar-refractivity contribution is 6.74. The summed E-state index contributed by atoms with van der Waals surface area (Å²) in [6.45, 7) is 16.8. The minimum absolute atomic E-state index is 0.0458. The number of carbonyl (C=O) groups is 1. The van der Waals surface area contributed by atoms with Gasteiger partial charge in [-0.05, 0) is 44.5 Å². The van der Waals surface area contributed by atoms with Gasteiger partial charge in [0.25, 0.3) is 0 Å². The van der Waals surface area contributed by atoms with Crippen molar-refractivity contribution in [2.45, 2.75) is 77.3 Å². The Balaban J connectivity index is 3.23. The smallest absolute Gasteiger partial charge is 0.408 e. The number of nitrogens with two attached hydrogens (primary N) is 1. The monoisotopic (exact) mass is 380 g/mol. The number of nitrogens with zero attached hydrogens (tertiary/aromatic N) is 1. The molecule has 0 saturated heterocycles. The summed E-state index contributed by atoms with van der Waals surface area (Å²) >= 11 is 0. The lowest BCUT2D eigenvalue weighted by Crippen LogP contribution is -2.57. The molecule has 0 radical (unpaired) electrons. The SMILES string of the molecule is CC(C)(C)N(C(=O)O)[C@H](CO[Si](C)(C)C(C)(C)C)[C@@H](N)c1ccccc1. The van der Waals surface area contributed by atoms with E-state index in [2.05, 4.69) is 33.9 Å². The highest BCUT2D eigenvalue weighted by Crippen LogP contribution is 2.37. The second-order valence-electron chi connectivity index (χ2n) is 9.40. The Bertz CT molecular complexity index is 591. The van der Waals surface area contributed by atoms with Gasteiger partial charge in [-0.15, -0.1) is 0 Å². The minimum atomic E-state index is -2.03. The van der Waals surface area contributed by atoms with Crippen LogP contribution >= 0.6 is 0 Å². The van der Waals surface area contributed by atoms with Crippen LogP contribution in [0.4, 0.5) is 4.79 Å². The van der Waals surface area contributed by atoms with Gasteiger partial charge in [0.05, 0.1) is 18.7 Å². The van der Waals surface area contributed by atoms with Crippen molar-refractivity contribution in [2.75, 3.05) is 6.61 Å². The van der Waals surface area contributed by atoms with E-state index in [-0.39, 0.29) is 11.6 Å². The predicted octanol–water partition coefficient (Wildman–Crippen LogP) is 4.86. The third kappa shape index (κ3) is 5.56. The molecule has 1 aromatic carbocycles. The van der Waals surface area contributed by atoms with Gasteiger partial charge in [0.2, 0.25) is 0 Å². The molecule has 0 aliphatic carbocycles. The van der Waals surface area contributed by atoms with E-state index in [0.29, 0.717) is 0 Å². The molecule has 1 rings (SSSR count). The summed E-state index contributed by atoms with van der Waals surface area (Å²) in [5.41, 5.74) is 6.87. The van der Waals surface area contributed by atoms with E-state index in [9.17, 15) is 9.90 Å². The quantitative estimate of drug-likeness (QED) is 0.691. The van der Waals surface area contributed by atoms with Crippen molar-refractivity contribution >= 4 is 14.4 Å². The van der Waals surface area contributed by atoms with E-state index in [0.717, 1.165) is 5.56 Å². The van der Waals surface area contributed by atoms with Crippen molar-refractivity contribution in [2.24, 2.45) is 5.73 Å². The molecule has 0 saturated carbocycles. The molecule has 0 heterocycles. The fourth-order valence-corrected chi connectivity index (χ4v) is 3.69. The van der Waals surface area contributed by atoms with Crippen molar-refractivity contribution in [3.63, 3.8) is 0 Å². The van der Waals surface area contributed by atoms with Gasteiger partial charge in [0.15, 0.2) is 8.32 Å². The fourth-order valence-electron chi connectivity index (χ4n) is 2.67. The van der Waals surface area contributed by atoms with Gasteiger partial charge in [0.1, 0.15) is 0 Å². The van der Waals surface area contributed by atoms with Gasteiger partial charge in [-0.25, -0.2) is 4.79 Å². The molecule has 2 atom stereocenters. The summed E-state index contributed by atoms with van der Waals surface area (Å²) in [6, 6.07) is 8.71. The third-order valence-electron chi connectivity index (χ3n) is 5.28. The number of amides is 1. The largest absolute Gasteiger partial charge is 0.465 e. The Kier molecular flexibility index (Phi) is 7.07. The molecule has 0 spiro atoms. The van der Waals surface area contributed by atoms with Crippen LogP contribution < -0.4 is 5.73 Å². The standard InChI is InChI=1S/C20H36N2O3Si/c1-19(2,3)22(18(23)24)16(14-25-26(7,8)20(4,5)6)17(21)15-12-10-9-11-13-15/h9-13,16-17H,14,21H2,1-8H3,(H,23,24)/t16-,17+/m1/s1. The number of benzene rings is 1. The van der Waals surface area contributed by atoms with E-state index < -0.39 is 32.0 Å². The van der Waals surface area contributed by atoms with Crippen molar-refractivity contribution < 1.29 is 14.3 Å². The summed E-state index contributed by atoms with van der Waals surface area (Å²) < 4.78 is 6.38. The van der Waals surface area contributed by atoms with E-state index in [4.69, 9.17) is 10.2 Å². The summed E-state index contributed by atoms with van der Waals surface area (Å²) in [5.74, 6) is 0. The highest BCUT2D eigenvalue weighted by Gasteiger charge is 2.41. The minimum Gasteiger partial charge on any atom is -0.465 e. The zero-order valence-electron chi connectivity index (χ0n) is 17.5. The van der Waals surface area contributed by atoms with E-state index in [1.807, 2.05) is 51.1 Å². The number of rotatable bonds is 6. The Hall–Kier alpha value is -1.37. The molecule has 3 N–H and O–H groups in total. The fraction of sp³-hybridized carbons (Fsp3) is 0.650. The number of carboxylic acid groups (broad SMARTS) is 1. The molecular formula is C20H36N2O3Si. The molecule has 0 fully saturated rings. The molecule has 0 unspecified atom stereocenters. The first-order valence-electron chi connectivity index (χ1n) is 9.15. The Morgan fingerprint density at radius 2 is 1.65 bits per heavy atom. The van der Waals surface area contributed by atoms with Crippen molar-refractivity contribution in [1.29, 1.82) is 0 Å². The molecule has 0 aliphatic rings. The molecule has 1 amide bonds. The van der Waals surface area contributed by atoms with Crippen LogP contribution in [-0.4, -0.2) is 42.6 Å². The second kappa shape index (κ2) is 8.11. The Labute approximate surface area is 159 Å². The molecule has 26 heavy (non-hydrogen) atoms. The topological polar surface area (TPSA) is 75.8 Å². The third-order valence-corrected chi connectivity index (χ3v) is 9.78. The predicted molar refractivity (Wildman–Crippen MR) is 110 cm³/mol. The zero-order chi connectivity index (χ0) is 20.3. The molecule has 148 valence electrons. The van der Waals surface area contributed by atoms with Crippen LogP contribution in [0, 0.1) is 0 Å². The second-order valence-corrected chi connectivity index (χ2v) is 14.2. The summed E-state index contributed by atoms with van der Waals surface area (Å²) in [4.78, 5) is 13.5. The first-order valence-corrected chi connectivity index (χ1v) is 12.1. The van der Waals surface area contributed by atoms with Crippen LogP contribution in [0.3, 0.4) is 0 Å². The van der Waals surface area contributed by atoms with Crippen LogP contribution in [0.1, 0.15) is 53.1 Å². The molecular weight excluding hydrogens is 344 g/mol. The summed E-state index contributed by atoms with van der Waals surface area (Å²) in [6.07, 6.45) is -0.979. The highest BCUT2D eigenvalue weighted by atomic mass is 28.4. The van der Waals surface area contributed by atoms with Crippen LogP contribution in [0.5, 0.6) is 0 Å². The molecule has 1 aromatic rings. The average molecular weight is 381 g/mol. The zero-order valence-corrected chi connectivity index (χ0v) is 18.5. The van der Waals surface area contributed by atoms with Crippen molar-refractivity contribution in [1.82, 2.24) is 4.90 Å². The molecule has 0 aromatic heterocycles. The maximum atomic E-state index is 12.1. The average Bonchev–Trinajstić information content (AvgIpc) is 2.48. The normalized spacial score (nSPS) is 15.4. The van der Waals surface area contributed by atoms with Gasteiger partial charge in [-0.1, -0.05) is 51.1 Å². The van der Waals surface area contributed by atoms with Gasteiger partial charge >= 0.3 is 6.09 Å². The van der Waals surface area contributed by atoms with Gasteiger partial charge in [-0.3, -0.25) is 4.90 Å². The van der Waals surface area contributed by atoms with Gasteiger partial charge in [0, 0.05) is 5.54 Å². The maximum absolute atomic E-state index is 12.1. The Morgan fingerprint density at radius 1 is 1.15 bits per heavy atom.